The molecule has 0 saturated heterocycles. The summed E-state index contributed by atoms with van der Waals surface area (Å²) in [6.07, 6.45) is 36.5. The Morgan fingerprint density at radius 1 is 0.558 bits per heavy atom. The summed E-state index contributed by atoms with van der Waals surface area (Å²) in [7, 11) is 0. The average molecular weight is 733 g/mol. The Kier molecular flexibility index (Phi) is 35.0. The Morgan fingerprint density at radius 2 is 1.02 bits per heavy atom. The number of hydrogen-bond donors (Lipinski definition) is 4. The molecule has 0 aromatic carbocycles. The number of allylic oxidation sites excluding steroid dienone is 7. The molecular formula is C44H76O8. The van der Waals surface area contributed by atoms with Crippen molar-refractivity contribution in [2.45, 2.75) is 186 Å². The molecule has 0 saturated carbocycles. The highest BCUT2D eigenvalue weighted by molar-refractivity contribution is 5.69. The molecule has 0 spiro atoms. The summed E-state index contributed by atoms with van der Waals surface area (Å²) in [5, 5.41) is 40.1. The van der Waals surface area contributed by atoms with Crippen LogP contribution < -0.4 is 0 Å². The number of ether oxygens (including phenoxy) is 2. The predicted molar refractivity (Wildman–Crippen MR) is 214 cm³/mol. The Labute approximate surface area is 317 Å². The van der Waals surface area contributed by atoms with E-state index in [1.54, 1.807) is 42.5 Å². The number of aliphatic hydroxyl groups is 4. The van der Waals surface area contributed by atoms with Crippen molar-refractivity contribution in [1.82, 2.24) is 0 Å². The molecule has 0 rings (SSSR count). The van der Waals surface area contributed by atoms with Gasteiger partial charge in [0.1, 0.15) is 19.3 Å². The first-order chi connectivity index (χ1) is 25.2. The van der Waals surface area contributed by atoms with Crippen LogP contribution in [0.15, 0.2) is 60.8 Å². The zero-order chi connectivity index (χ0) is 38.5. The number of esters is 2. The number of hydrogen-bond acceptors (Lipinski definition) is 8. The van der Waals surface area contributed by atoms with E-state index in [2.05, 4.69) is 13.8 Å². The van der Waals surface area contributed by atoms with Crippen LogP contribution in [0.4, 0.5) is 0 Å². The second-order valence-corrected chi connectivity index (χ2v) is 14.2. The van der Waals surface area contributed by atoms with Gasteiger partial charge in [0.15, 0.2) is 0 Å². The molecule has 0 amide bonds. The summed E-state index contributed by atoms with van der Waals surface area (Å²) in [6, 6.07) is 0. The zero-order valence-corrected chi connectivity index (χ0v) is 33.1. The van der Waals surface area contributed by atoms with Crippen molar-refractivity contribution in [3.63, 3.8) is 0 Å². The summed E-state index contributed by atoms with van der Waals surface area (Å²) >= 11 is 0. The number of aliphatic hydroxyl groups excluding tert-OH is 4. The molecule has 0 heterocycles. The maximum atomic E-state index is 12.0. The first-order valence-electron chi connectivity index (χ1n) is 20.6. The SMILES string of the molecule is CC/C=C\C[C@@H](O)/C=C/C=C/C=C\C=C/[C@H](O)[C@@H](O)CCCC(=O)OC[C@@H](O)COC(=O)CCCCCCCCCCCCCCCCC(C)CC. The molecule has 4 N–H and O–H groups in total. The molecule has 300 valence electrons. The second-order valence-electron chi connectivity index (χ2n) is 14.2. The Hall–Kier alpha value is -2.52. The van der Waals surface area contributed by atoms with E-state index < -0.39 is 30.4 Å². The summed E-state index contributed by atoms with van der Waals surface area (Å²) < 4.78 is 10.2. The largest absolute Gasteiger partial charge is 0.463 e. The fraction of sp³-hybridized carbons (Fsp3) is 0.727. The van der Waals surface area contributed by atoms with Gasteiger partial charge >= 0.3 is 11.9 Å². The van der Waals surface area contributed by atoms with Crippen LogP contribution in [0, 0.1) is 5.92 Å². The topological polar surface area (TPSA) is 134 Å². The minimum atomic E-state index is -1.09. The minimum Gasteiger partial charge on any atom is -0.463 e. The van der Waals surface area contributed by atoms with E-state index in [0.717, 1.165) is 31.6 Å². The van der Waals surface area contributed by atoms with E-state index in [9.17, 15) is 30.0 Å². The molecule has 0 aromatic rings. The fourth-order valence-corrected chi connectivity index (χ4v) is 5.52. The molecule has 0 aliphatic heterocycles. The lowest BCUT2D eigenvalue weighted by Crippen LogP contribution is -2.26. The van der Waals surface area contributed by atoms with Crippen LogP contribution in [0.25, 0.3) is 0 Å². The first-order valence-corrected chi connectivity index (χ1v) is 20.6. The normalized spacial score (nSPS) is 15.3. The molecule has 0 aliphatic rings. The van der Waals surface area contributed by atoms with Gasteiger partial charge in [0, 0.05) is 12.8 Å². The van der Waals surface area contributed by atoms with Gasteiger partial charge in [-0.05, 0) is 38.0 Å². The lowest BCUT2D eigenvalue weighted by atomic mass is 9.99. The Bertz CT molecular complexity index is 985. The van der Waals surface area contributed by atoms with Crippen LogP contribution >= 0.6 is 0 Å². The Balaban J connectivity index is 3.74. The average Bonchev–Trinajstić information content (AvgIpc) is 3.13. The number of carbonyl (C=O) groups is 2. The zero-order valence-electron chi connectivity index (χ0n) is 33.1. The van der Waals surface area contributed by atoms with Gasteiger partial charge in [0.05, 0.1) is 18.3 Å². The summed E-state index contributed by atoms with van der Waals surface area (Å²) in [5.74, 6) is -0.000366. The van der Waals surface area contributed by atoms with E-state index >= 15 is 0 Å². The van der Waals surface area contributed by atoms with E-state index in [0.29, 0.717) is 19.3 Å². The van der Waals surface area contributed by atoms with Gasteiger partial charge in [-0.3, -0.25) is 9.59 Å². The predicted octanol–water partition coefficient (Wildman–Crippen LogP) is 9.56. The van der Waals surface area contributed by atoms with Gasteiger partial charge in [-0.1, -0.05) is 178 Å². The molecule has 5 atom stereocenters. The first kappa shape index (κ1) is 49.5. The van der Waals surface area contributed by atoms with Crippen LogP contribution in [0.2, 0.25) is 0 Å². The third-order valence-electron chi connectivity index (χ3n) is 9.15. The van der Waals surface area contributed by atoms with Crippen molar-refractivity contribution in [2.24, 2.45) is 5.92 Å². The lowest BCUT2D eigenvalue weighted by Gasteiger charge is -2.14. The summed E-state index contributed by atoms with van der Waals surface area (Å²) in [4.78, 5) is 24.0. The molecule has 0 aromatic heterocycles. The highest BCUT2D eigenvalue weighted by Gasteiger charge is 2.15. The highest BCUT2D eigenvalue weighted by atomic mass is 16.6. The van der Waals surface area contributed by atoms with E-state index in [4.69, 9.17) is 9.47 Å². The molecule has 0 fully saturated rings. The standard InChI is InChI=1S/C44H76O8/c1-4-6-23-30-39(45)31-25-20-17-18-21-26-32-41(47)42(48)33-28-35-44(50)52-37-40(46)36-51-43(49)34-27-22-16-14-12-10-8-7-9-11-13-15-19-24-29-38(3)5-2/h6,17-18,20-21,23,25-26,31-32,38-42,45-48H,4-5,7-16,19,22,24,27-30,33-37H2,1-3H3/b20-17+,21-18-,23-6-,31-25+,32-26-/t38?,39-,40+,41+,42+/m1/s1. The molecular weight excluding hydrogens is 656 g/mol. The van der Waals surface area contributed by atoms with Crippen LogP contribution in [-0.2, 0) is 19.1 Å². The van der Waals surface area contributed by atoms with E-state index in [-0.39, 0.29) is 32.0 Å². The molecule has 52 heavy (non-hydrogen) atoms. The Morgan fingerprint density at radius 3 is 1.54 bits per heavy atom. The number of carbonyl (C=O) groups excluding carboxylic acids is 2. The van der Waals surface area contributed by atoms with Crippen molar-refractivity contribution in [3.8, 4) is 0 Å². The van der Waals surface area contributed by atoms with Crippen molar-refractivity contribution in [1.29, 1.82) is 0 Å². The van der Waals surface area contributed by atoms with Crippen molar-refractivity contribution in [3.05, 3.63) is 60.8 Å². The van der Waals surface area contributed by atoms with Crippen LogP contribution in [0.5, 0.6) is 0 Å². The van der Waals surface area contributed by atoms with Gasteiger partial charge in [0.2, 0.25) is 0 Å². The molecule has 0 radical (unpaired) electrons. The maximum absolute atomic E-state index is 12.0. The van der Waals surface area contributed by atoms with Crippen LogP contribution in [-0.4, -0.2) is 70.0 Å². The second kappa shape index (κ2) is 36.8. The molecule has 8 nitrogen and oxygen atoms in total. The van der Waals surface area contributed by atoms with Gasteiger partial charge in [-0.15, -0.1) is 0 Å². The van der Waals surface area contributed by atoms with Gasteiger partial charge in [0.25, 0.3) is 0 Å². The molecule has 8 heteroatoms. The minimum absolute atomic E-state index is 0.0284. The van der Waals surface area contributed by atoms with Gasteiger partial charge in [-0.25, -0.2) is 0 Å². The van der Waals surface area contributed by atoms with E-state index in [1.807, 2.05) is 19.1 Å². The number of unbranched alkanes of at least 4 members (excludes halogenated alkanes) is 13. The molecule has 0 aliphatic carbocycles. The van der Waals surface area contributed by atoms with Crippen molar-refractivity contribution in [2.75, 3.05) is 13.2 Å². The van der Waals surface area contributed by atoms with Gasteiger partial charge < -0.3 is 29.9 Å². The maximum Gasteiger partial charge on any atom is 0.305 e. The highest BCUT2D eigenvalue weighted by Crippen LogP contribution is 2.16. The van der Waals surface area contributed by atoms with Crippen molar-refractivity contribution >= 4 is 11.9 Å². The summed E-state index contributed by atoms with van der Waals surface area (Å²) in [5.41, 5.74) is 0. The third-order valence-corrected chi connectivity index (χ3v) is 9.15. The quantitative estimate of drug-likeness (QED) is 0.0219. The smallest absolute Gasteiger partial charge is 0.305 e. The monoisotopic (exact) mass is 733 g/mol. The van der Waals surface area contributed by atoms with Crippen molar-refractivity contribution < 1.29 is 39.5 Å². The van der Waals surface area contributed by atoms with Crippen LogP contribution in [0.3, 0.4) is 0 Å². The molecule has 1 unspecified atom stereocenters. The number of rotatable bonds is 35. The fourth-order valence-electron chi connectivity index (χ4n) is 5.52. The van der Waals surface area contributed by atoms with Crippen LogP contribution in [0.1, 0.15) is 162 Å². The summed E-state index contributed by atoms with van der Waals surface area (Å²) in [6.45, 7) is 6.19. The lowest BCUT2D eigenvalue weighted by molar-refractivity contribution is -0.152. The molecule has 0 bridgehead atoms. The van der Waals surface area contributed by atoms with Gasteiger partial charge in [-0.2, -0.15) is 0 Å². The van der Waals surface area contributed by atoms with E-state index in [1.165, 1.54) is 89.5 Å². The third kappa shape index (κ3) is 34.6.